The molecule has 4 nitrogen and oxygen atoms in total. The first-order valence-electron chi connectivity index (χ1n) is 6.60. The van der Waals surface area contributed by atoms with Gasteiger partial charge < -0.3 is 10.1 Å². The van der Waals surface area contributed by atoms with E-state index in [2.05, 4.69) is 10.1 Å². The molecule has 0 aliphatic carbocycles. The molecular formula is C13H15F4NO3S. The van der Waals surface area contributed by atoms with Crippen LogP contribution in [0.15, 0.2) is 18.2 Å². The zero-order valence-electron chi connectivity index (χ0n) is 11.5. The van der Waals surface area contributed by atoms with Crippen LogP contribution in [0.25, 0.3) is 0 Å². The van der Waals surface area contributed by atoms with Gasteiger partial charge in [-0.15, -0.1) is 13.2 Å². The summed E-state index contributed by atoms with van der Waals surface area (Å²) in [6, 6.07) is 3.21. The molecule has 1 saturated heterocycles. The molecule has 1 fully saturated rings. The zero-order valence-corrected chi connectivity index (χ0v) is 12.3. The Morgan fingerprint density at radius 1 is 1.32 bits per heavy atom. The van der Waals surface area contributed by atoms with E-state index in [0.29, 0.717) is 13.0 Å². The van der Waals surface area contributed by atoms with Crippen LogP contribution in [0.5, 0.6) is 5.75 Å². The predicted molar refractivity (Wildman–Crippen MR) is 71.6 cm³/mol. The number of sulfone groups is 1. The van der Waals surface area contributed by atoms with Gasteiger partial charge in [-0.2, -0.15) is 0 Å². The minimum atomic E-state index is -4.90. The number of hydrogen-bond donors (Lipinski definition) is 1. The lowest BCUT2D eigenvalue weighted by atomic mass is 10.1. The summed E-state index contributed by atoms with van der Waals surface area (Å²) < 4.78 is 76.9. The lowest BCUT2D eigenvalue weighted by Crippen LogP contribution is -2.25. The quantitative estimate of drug-likeness (QED) is 0.835. The van der Waals surface area contributed by atoms with Crippen molar-refractivity contribution in [1.29, 1.82) is 0 Å². The van der Waals surface area contributed by atoms with Crippen LogP contribution in [-0.2, 0) is 16.4 Å². The molecule has 1 atom stereocenters. The molecule has 9 heteroatoms. The van der Waals surface area contributed by atoms with Crippen molar-refractivity contribution in [2.45, 2.75) is 19.3 Å². The third-order valence-electron chi connectivity index (χ3n) is 3.36. The van der Waals surface area contributed by atoms with Crippen molar-refractivity contribution in [3.63, 3.8) is 0 Å². The highest BCUT2D eigenvalue weighted by molar-refractivity contribution is 7.91. The molecule has 2 rings (SSSR count). The third kappa shape index (κ3) is 4.84. The molecule has 0 aromatic heterocycles. The lowest BCUT2D eigenvalue weighted by Gasteiger charge is -2.15. The van der Waals surface area contributed by atoms with E-state index in [1.165, 1.54) is 0 Å². The van der Waals surface area contributed by atoms with E-state index < -0.39 is 27.8 Å². The summed E-state index contributed by atoms with van der Waals surface area (Å²) in [4.78, 5) is 0. The van der Waals surface area contributed by atoms with Crippen LogP contribution in [0.3, 0.4) is 0 Å². The Balaban J connectivity index is 1.97. The maximum atomic E-state index is 13.7. The van der Waals surface area contributed by atoms with E-state index >= 15 is 0 Å². The Kier molecular flexibility index (Phi) is 4.96. The number of benzene rings is 1. The highest BCUT2D eigenvalue weighted by Gasteiger charge is 2.32. The van der Waals surface area contributed by atoms with Crippen LogP contribution in [0.4, 0.5) is 17.6 Å². The first kappa shape index (κ1) is 17.0. The van der Waals surface area contributed by atoms with Crippen molar-refractivity contribution < 1.29 is 30.7 Å². The number of nitrogens with one attached hydrogen (secondary N) is 1. The fourth-order valence-electron chi connectivity index (χ4n) is 2.37. The number of alkyl halides is 3. The van der Waals surface area contributed by atoms with Gasteiger partial charge in [0.25, 0.3) is 0 Å². The van der Waals surface area contributed by atoms with Crippen molar-refractivity contribution in [3.05, 3.63) is 29.6 Å². The average molecular weight is 341 g/mol. The van der Waals surface area contributed by atoms with E-state index in [1.807, 2.05) is 0 Å². The van der Waals surface area contributed by atoms with Gasteiger partial charge >= 0.3 is 6.36 Å². The second-order valence-electron chi connectivity index (χ2n) is 5.16. The minimum Gasteiger partial charge on any atom is -0.405 e. The van der Waals surface area contributed by atoms with Crippen LogP contribution in [0.1, 0.15) is 12.0 Å². The zero-order chi connectivity index (χ0) is 16.4. The van der Waals surface area contributed by atoms with Gasteiger partial charge in [0.15, 0.2) is 9.84 Å². The molecule has 0 radical (unpaired) electrons. The summed E-state index contributed by atoms with van der Waals surface area (Å²) in [5.74, 6) is -1.36. The molecule has 0 bridgehead atoms. The van der Waals surface area contributed by atoms with Crippen LogP contribution in [0, 0.1) is 11.7 Å². The Morgan fingerprint density at radius 2 is 2.05 bits per heavy atom. The predicted octanol–water partition coefficient (Wildman–Crippen LogP) is 2.25. The maximum Gasteiger partial charge on any atom is 0.573 e. The Bertz CT molecular complexity index is 631. The van der Waals surface area contributed by atoms with Gasteiger partial charge in [-0.25, -0.2) is 12.8 Å². The summed E-state index contributed by atoms with van der Waals surface area (Å²) in [6.07, 6.45) is -4.40. The normalized spacial score (nSPS) is 21.0. The maximum absolute atomic E-state index is 13.7. The number of halogens is 4. The summed E-state index contributed by atoms with van der Waals surface area (Å²) in [5.41, 5.74) is -0.235. The first-order chi connectivity index (χ1) is 10.2. The summed E-state index contributed by atoms with van der Waals surface area (Å²) in [6.45, 7) is 0.119. The van der Waals surface area contributed by atoms with Gasteiger partial charge in [-0.3, -0.25) is 0 Å². The molecule has 0 saturated carbocycles. The van der Waals surface area contributed by atoms with E-state index in [-0.39, 0.29) is 29.5 Å². The highest BCUT2D eigenvalue weighted by atomic mass is 32.2. The van der Waals surface area contributed by atoms with Gasteiger partial charge in [-0.1, -0.05) is 6.07 Å². The fourth-order valence-corrected chi connectivity index (χ4v) is 4.23. The molecule has 1 aliphatic heterocycles. The topological polar surface area (TPSA) is 55.4 Å². The van der Waals surface area contributed by atoms with Crippen molar-refractivity contribution in [2.75, 3.05) is 18.1 Å². The van der Waals surface area contributed by atoms with Crippen LogP contribution in [-0.4, -0.2) is 32.8 Å². The molecule has 22 heavy (non-hydrogen) atoms. The Morgan fingerprint density at radius 3 is 2.64 bits per heavy atom. The monoisotopic (exact) mass is 341 g/mol. The molecule has 1 aliphatic rings. The average Bonchev–Trinajstić information content (AvgIpc) is 2.70. The highest BCUT2D eigenvalue weighted by Crippen LogP contribution is 2.28. The molecule has 124 valence electrons. The molecule has 1 aromatic rings. The smallest absolute Gasteiger partial charge is 0.405 e. The number of ether oxygens (including phenoxy) is 1. The molecule has 0 amide bonds. The van der Waals surface area contributed by atoms with Gasteiger partial charge in [0.2, 0.25) is 0 Å². The lowest BCUT2D eigenvalue weighted by molar-refractivity contribution is -0.275. The van der Waals surface area contributed by atoms with Gasteiger partial charge in [-0.05, 0) is 31.0 Å². The SMILES string of the molecule is O=S1(=O)CC[C@H](CNCc2c(F)cccc2OC(F)(F)F)C1. The molecular weight excluding hydrogens is 326 g/mol. The largest absolute Gasteiger partial charge is 0.573 e. The molecule has 0 unspecified atom stereocenters. The summed E-state index contributed by atoms with van der Waals surface area (Å²) in [7, 11) is -3.02. The first-order valence-corrected chi connectivity index (χ1v) is 8.43. The molecule has 1 N–H and O–H groups in total. The Labute approximate surface area is 125 Å². The summed E-state index contributed by atoms with van der Waals surface area (Å²) >= 11 is 0. The number of rotatable bonds is 5. The second kappa shape index (κ2) is 6.41. The van der Waals surface area contributed by atoms with Crippen LogP contribution >= 0.6 is 0 Å². The van der Waals surface area contributed by atoms with Gasteiger partial charge in [0, 0.05) is 12.1 Å². The fraction of sp³-hybridized carbons (Fsp3) is 0.538. The molecule has 1 heterocycles. The third-order valence-corrected chi connectivity index (χ3v) is 5.20. The van der Waals surface area contributed by atoms with Crippen molar-refractivity contribution in [3.8, 4) is 5.75 Å². The van der Waals surface area contributed by atoms with E-state index in [4.69, 9.17) is 0 Å². The number of hydrogen-bond acceptors (Lipinski definition) is 4. The van der Waals surface area contributed by atoms with Crippen LogP contribution in [0.2, 0.25) is 0 Å². The van der Waals surface area contributed by atoms with Gasteiger partial charge in [0.05, 0.1) is 11.5 Å². The second-order valence-corrected chi connectivity index (χ2v) is 7.39. The van der Waals surface area contributed by atoms with E-state index in [9.17, 15) is 26.0 Å². The summed E-state index contributed by atoms with van der Waals surface area (Å²) in [5, 5.41) is 2.80. The van der Waals surface area contributed by atoms with Crippen LogP contribution < -0.4 is 10.1 Å². The van der Waals surface area contributed by atoms with E-state index in [0.717, 1.165) is 18.2 Å². The van der Waals surface area contributed by atoms with E-state index in [1.54, 1.807) is 0 Å². The molecule has 1 aromatic carbocycles. The van der Waals surface area contributed by atoms with Crippen molar-refractivity contribution >= 4 is 9.84 Å². The van der Waals surface area contributed by atoms with Gasteiger partial charge in [0.1, 0.15) is 11.6 Å². The standard InChI is InChI=1S/C13H15F4NO3S/c14-11-2-1-3-12(21-13(15,16)17)10(11)7-18-6-9-4-5-22(19,20)8-9/h1-3,9,18H,4-8H2/t9-/m1/s1. The van der Waals surface area contributed by atoms with Crippen molar-refractivity contribution in [1.82, 2.24) is 5.32 Å². The molecule has 0 spiro atoms. The minimum absolute atomic E-state index is 0.0448. The van der Waals surface area contributed by atoms with Crippen molar-refractivity contribution in [2.24, 2.45) is 5.92 Å². The Hall–Kier alpha value is -1.35.